The maximum atomic E-state index is 11.5. The molecule has 0 bridgehead atoms. The molecule has 1 aliphatic carbocycles. The van der Waals surface area contributed by atoms with Crippen molar-refractivity contribution in [1.29, 1.82) is 0 Å². The normalized spacial score (nSPS) is 14.3. The van der Waals surface area contributed by atoms with Crippen LogP contribution in [0.3, 0.4) is 0 Å². The number of anilines is 2. The smallest absolute Gasteiger partial charge is 0.319 e. The third kappa shape index (κ3) is 2.56. The van der Waals surface area contributed by atoms with Crippen molar-refractivity contribution in [2.45, 2.75) is 18.9 Å². The van der Waals surface area contributed by atoms with E-state index in [1.807, 2.05) is 0 Å². The molecular formula is C11H15N3O2. The molecule has 0 atom stereocenters. The molecule has 2 rings (SSSR count). The average molecular weight is 221 g/mol. The van der Waals surface area contributed by atoms with Crippen molar-refractivity contribution in [1.82, 2.24) is 5.32 Å². The van der Waals surface area contributed by atoms with Gasteiger partial charge < -0.3 is 21.1 Å². The molecule has 86 valence electrons. The van der Waals surface area contributed by atoms with E-state index in [9.17, 15) is 4.79 Å². The summed E-state index contributed by atoms with van der Waals surface area (Å²) in [7, 11) is 1.55. The summed E-state index contributed by atoms with van der Waals surface area (Å²) in [5.41, 5.74) is 6.81. The lowest BCUT2D eigenvalue weighted by atomic mass is 10.2. The number of ether oxygens (including phenoxy) is 1. The lowest BCUT2D eigenvalue weighted by Crippen LogP contribution is -2.30. The van der Waals surface area contributed by atoms with Gasteiger partial charge in [0.05, 0.1) is 12.8 Å². The third-order valence-corrected chi connectivity index (χ3v) is 2.38. The quantitative estimate of drug-likeness (QED) is 0.678. The van der Waals surface area contributed by atoms with Gasteiger partial charge in [-0.3, -0.25) is 0 Å². The maximum Gasteiger partial charge on any atom is 0.319 e. The molecule has 2 amide bonds. The lowest BCUT2D eigenvalue weighted by molar-refractivity contribution is 0.251. The van der Waals surface area contributed by atoms with Gasteiger partial charge >= 0.3 is 6.03 Å². The summed E-state index contributed by atoms with van der Waals surface area (Å²) in [6.45, 7) is 0. The van der Waals surface area contributed by atoms with Gasteiger partial charge in [0.15, 0.2) is 0 Å². The molecule has 0 aromatic heterocycles. The summed E-state index contributed by atoms with van der Waals surface area (Å²) < 4.78 is 5.12. The van der Waals surface area contributed by atoms with E-state index in [0.29, 0.717) is 23.2 Å². The van der Waals surface area contributed by atoms with Crippen LogP contribution < -0.4 is 21.1 Å². The zero-order valence-corrected chi connectivity index (χ0v) is 9.12. The minimum absolute atomic E-state index is 0.216. The number of nitrogens with one attached hydrogen (secondary N) is 2. The topological polar surface area (TPSA) is 76.4 Å². The zero-order chi connectivity index (χ0) is 11.5. The number of carbonyl (C=O) groups is 1. The second-order valence-corrected chi connectivity index (χ2v) is 3.83. The monoisotopic (exact) mass is 221 g/mol. The Hall–Kier alpha value is -1.91. The molecule has 4 N–H and O–H groups in total. The summed E-state index contributed by atoms with van der Waals surface area (Å²) >= 11 is 0. The summed E-state index contributed by atoms with van der Waals surface area (Å²) in [5, 5.41) is 5.55. The molecule has 0 saturated heterocycles. The van der Waals surface area contributed by atoms with Gasteiger partial charge in [0.25, 0.3) is 0 Å². The molecule has 5 heteroatoms. The van der Waals surface area contributed by atoms with Crippen LogP contribution in [-0.4, -0.2) is 19.2 Å². The Morgan fingerprint density at radius 3 is 2.88 bits per heavy atom. The Kier molecular flexibility index (Phi) is 2.85. The Balaban J connectivity index is 2.05. The van der Waals surface area contributed by atoms with Crippen molar-refractivity contribution in [2.75, 3.05) is 18.2 Å². The van der Waals surface area contributed by atoms with E-state index in [1.165, 1.54) is 0 Å². The standard InChI is InChI=1S/C11H15N3O2/c1-16-10-5-2-7(12)6-9(10)14-11(15)13-8-3-4-8/h2,5-6,8H,3-4,12H2,1H3,(H2,13,14,15). The maximum absolute atomic E-state index is 11.5. The van der Waals surface area contributed by atoms with E-state index in [1.54, 1.807) is 25.3 Å². The van der Waals surface area contributed by atoms with Crippen LogP contribution in [0.2, 0.25) is 0 Å². The fourth-order valence-corrected chi connectivity index (χ4v) is 1.39. The van der Waals surface area contributed by atoms with Crippen molar-refractivity contribution in [2.24, 2.45) is 0 Å². The SMILES string of the molecule is COc1ccc(N)cc1NC(=O)NC1CC1. The van der Waals surface area contributed by atoms with Crippen molar-refractivity contribution in [3.05, 3.63) is 18.2 Å². The predicted molar refractivity (Wildman–Crippen MR) is 62.6 cm³/mol. The number of hydrogen-bond acceptors (Lipinski definition) is 3. The number of rotatable bonds is 3. The molecule has 1 aliphatic rings. The van der Waals surface area contributed by atoms with Gasteiger partial charge in [-0.15, -0.1) is 0 Å². The highest BCUT2D eigenvalue weighted by molar-refractivity contribution is 5.91. The second-order valence-electron chi connectivity index (χ2n) is 3.83. The lowest BCUT2D eigenvalue weighted by Gasteiger charge is -2.11. The van der Waals surface area contributed by atoms with Crippen LogP contribution in [0.5, 0.6) is 5.75 Å². The predicted octanol–water partition coefficient (Wildman–Crippen LogP) is 1.56. The Morgan fingerprint density at radius 2 is 2.25 bits per heavy atom. The van der Waals surface area contributed by atoms with Gasteiger partial charge in [0.1, 0.15) is 5.75 Å². The second kappa shape index (κ2) is 4.30. The molecule has 1 fully saturated rings. The Bertz CT molecular complexity index is 402. The van der Waals surface area contributed by atoms with Gasteiger partial charge in [-0.25, -0.2) is 4.79 Å². The molecule has 0 heterocycles. The van der Waals surface area contributed by atoms with Gasteiger partial charge in [-0.05, 0) is 31.0 Å². The Labute approximate surface area is 94.0 Å². The Morgan fingerprint density at radius 1 is 1.50 bits per heavy atom. The molecule has 0 spiro atoms. The minimum atomic E-state index is -0.216. The van der Waals surface area contributed by atoms with Crippen molar-refractivity contribution in [3.63, 3.8) is 0 Å². The number of amides is 2. The molecule has 0 radical (unpaired) electrons. The first-order valence-corrected chi connectivity index (χ1v) is 5.20. The molecule has 1 aromatic rings. The van der Waals surface area contributed by atoms with Crippen molar-refractivity contribution >= 4 is 17.4 Å². The van der Waals surface area contributed by atoms with Crippen LogP contribution in [0.25, 0.3) is 0 Å². The number of hydrogen-bond donors (Lipinski definition) is 3. The first-order valence-electron chi connectivity index (χ1n) is 5.20. The number of nitrogen functional groups attached to an aromatic ring is 1. The summed E-state index contributed by atoms with van der Waals surface area (Å²) in [6, 6.07) is 5.23. The number of methoxy groups -OCH3 is 1. The molecule has 1 aromatic carbocycles. The van der Waals surface area contributed by atoms with Crippen molar-refractivity contribution < 1.29 is 9.53 Å². The number of urea groups is 1. The molecule has 16 heavy (non-hydrogen) atoms. The van der Waals surface area contributed by atoms with E-state index < -0.39 is 0 Å². The molecule has 0 unspecified atom stereocenters. The van der Waals surface area contributed by atoms with Gasteiger partial charge in [-0.1, -0.05) is 0 Å². The zero-order valence-electron chi connectivity index (χ0n) is 9.12. The average Bonchev–Trinajstić information content (AvgIpc) is 3.02. The fraction of sp³-hybridized carbons (Fsp3) is 0.364. The first-order chi connectivity index (χ1) is 7.69. The van der Waals surface area contributed by atoms with Crippen LogP contribution >= 0.6 is 0 Å². The van der Waals surface area contributed by atoms with Crippen molar-refractivity contribution in [3.8, 4) is 5.75 Å². The van der Waals surface area contributed by atoms with E-state index in [2.05, 4.69) is 10.6 Å². The minimum Gasteiger partial charge on any atom is -0.495 e. The molecule has 0 aliphatic heterocycles. The van der Waals surface area contributed by atoms with Crippen LogP contribution in [0, 0.1) is 0 Å². The van der Waals surface area contributed by atoms with Gasteiger partial charge in [0, 0.05) is 11.7 Å². The molecule has 1 saturated carbocycles. The highest BCUT2D eigenvalue weighted by atomic mass is 16.5. The molecular weight excluding hydrogens is 206 g/mol. The van der Waals surface area contributed by atoms with Crippen LogP contribution in [0.15, 0.2) is 18.2 Å². The largest absolute Gasteiger partial charge is 0.495 e. The number of benzene rings is 1. The fourth-order valence-electron chi connectivity index (χ4n) is 1.39. The summed E-state index contributed by atoms with van der Waals surface area (Å²) in [6.07, 6.45) is 2.11. The van der Waals surface area contributed by atoms with Gasteiger partial charge in [0.2, 0.25) is 0 Å². The van der Waals surface area contributed by atoms with E-state index >= 15 is 0 Å². The van der Waals surface area contributed by atoms with E-state index in [0.717, 1.165) is 12.8 Å². The van der Waals surface area contributed by atoms with Crippen LogP contribution in [0.4, 0.5) is 16.2 Å². The highest BCUT2D eigenvalue weighted by Gasteiger charge is 2.23. The van der Waals surface area contributed by atoms with Crippen LogP contribution in [-0.2, 0) is 0 Å². The number of carbonyl (C=O) groups excluding carboxylic acids is 1. The summed E-state index contributed by atoms with van der Waals surface area (Å²) in [4.78, 5) is 11.5. The third-order valence-electron chi connectivity index (χ3n) is 2.38. The molecule has 5 nitrogen and oxygen atoms in total. The van der Waals surface area contributed by atoms with E-state index in [-0.39, 0.29) is 6.03 Å². The highest BCUT2D eigenvalue weighted by Crippen LogP contribution is 2.26. The number of nitrogens with two attached hydrogens (primary N) is 1. The van der Waals surface area contributed by atoms with Gasteiger partial charge in [-0.2, -0.15) is 0 Å². The summed E-state index contributed by atoms with van der Waals surface area (Å²) in [5.74, 6) is 0.597. The first kappa shape index (κ1) is 10.6. The van der Waals surface area contributed by atoms with Crippen LogP contribution in [0.1, 0.15) is 12.8 Å². The van der Waals surface area contributed by atoms with E-state index in [4.69, 9.17) is 10.5 Å².